The van der Waals surface area contributed by atoms with Crippen LogP contribution in [0.4, 0.5) is 11.4 Å². The number of anilines is 1. The first-order valence-electron chi connectivity index (χ1n) is 5.26. The molecule has 0 aliphatic carbocycles. The number of hydrogen-bond donors (Lipinski definition) is 1. The van der Waals surface area contributed by atoms with Crippen molar-refractivity contribution in [2.45, 2.75) is 19.4 Å². The van der Waals surface area contributed by atoms with Crippen molar-refractivity contribution in [1.29, 1.82) is 0 Å². The van der Waals surface area contributed by atoms with E-state index >= 15 is 0 Å². The molecule has 2 rings (SSSR count). The van der Waals surface area contributed by atoms with Gasteiger partial charge in [-0.1, -0.05) is 12.1 Å². The fourth-order valence-electron chi connectivity index (χ4n) is 2.10. The van der Waals surface area contributed by atoms with Crippen molar-refractivity contribution in [3.63, 3.8) is 0 Å². The molecule has 0 aromatic heterocycles. The maximum atomic E-state index is 11.0. The number of hydrogen-bond acceptors (Lipinski definition) is 4. The Morgan fingerprint density at radius 2 is 2.31 bits per heavy atom. The molecular weight excluding hydrogens is 208 g/mol. The van der Waals surface area contributed by atoms with Gasteiger partial charge >= 0.3 is 0 Å². The summed E-state index contributed by atoms with van der Waals surface area (Å²) in [6.45, 7) is 2.88. The van der Waals surface area contributed by atoms with E-state index in [1.165, 1.54) is 0 Å². The summed E-state index contributed by atoms with van der Waals surface area (Å²) < 4.78 is 0. The summed E-state index contributed by atoms with van der Waals surface area (Å²) >= 11 is 0. The Kier molecular flexibility index (Phi) is 2.78. The molecule has 16 heavy (non-hydrogen) atoms. The summed E-state index contributed by atoms with van der Waals surface area (Å²) in [5.41, 5.74) is 1.42. The first-order chi connectivity index (χ1) is 7.59. The molecule has 86 valence electrons. The molecule has 0 bridgehead atoms. The third-order valence-corrected chi connectivity index (χ3v) is 2.90. The summed E-state index contributed by atoms with van der Waals surface area (Å²) in [7, 11) is 0. The summed E-state index contributed by atoms with van der Waals surface area (Å²) in [4.78, 5) is 12.5. The first kappa shape index (κ1) is 10.9. The fourth-order valence-corrected chi connectivity index (χ4v) is 2.10. The Morgan fingerprint density at radius 1 is 1.56 bits per heavy atom. The zero-order valence-corrected chi connectivity index (χ0v) is 9.09. The molecule has 1 N–H and O–H groups in total. The van der Waals surface area contributed by atoms with Gasteiger partial charge in [0, 0.05) is 18.7 Å². The standard InChI is InChI=1S/C11H14N2O3/c1-8-3-2-4-10(11(8)13(15)16)12-6-5-9(14)7-12/h2-4,9,14H,5-7H2,1H3/t9-/m0/s1. The normalized spacial score (nSPS) is 20.1. The van der Waals surface area contributed by atoms with E-state index in [1.54, 1.807) is 19.1 Å². The van der Waals surface area contributed by atoms with Gasteiger partial charge < -0.3 is 10.0 Å². The third kappa shape index (κ3) is 1.86. The average molecular weight is 222 g/mol. The predicted molar refractivity (Wildman–Crippen MR) is 60.7 cm³/mol. The molecule has 1 fully saturated rings. The molecule has 5 heteroatoms. The molecular formula is C11H14N2O3. The van der Waals surface area contributed by atoms with Crippen LogP contribution in [0.2, 0.25) is 0 Å². The Labute approximate surface area is 93.5 Å². The number of para-hydroxylation sites is 1. The van der Waals surface area contributed by atoms with Crippen molar-refractivity contribution in [3.05, 3.63) is 33.9 Å². The van der Waals surface area contributed by atoms with E-state index in [1.807, 2.05) is 11.0 Å². The van der Waals surface area contributed by atoms with Crippen LogP contribution in [0.15, 0.2) is 18.2 Å². The minimum atomic E-state index is -0.375. The molecule has 1 saturated heterocycles. The second kappa shape index (κ2) is 4.09. The van der Waals surface area contributed by atoms with Gasteiger partial charge in [0.05, 0.1) is 11.0 Å². The number of nitro benzene ring substituents is 1. The maximum absolute atomic E-state index is 11.0. The van der Waals surface area contributed by atoms with Crippen LogP contribution in [-0.2, 0) is 0 Å². The summed E-state index contributed by atoms with van der Waals surface area (Å²) in [6, 6.07) is 5.28. The van der Waals surface area contributed by atoms with Gasteiger partial charge in [-0.3, -0.25) is 10.1 Å². The number of β-amino-alcohol motifs (C(OH)–C–C–N with tert-alkyl or cyclic N) is 1. The fraction of sp³-hybridized carbons (Fsp3) is 0.455. The highest BCUT2D eigenvalue weighted by Crippen LogP contribution is 2.33. The number of aryl methyl sites for hydroxylation is 1. The highest BCUT2D eigenvalue weighted by atomic mass is 16.6. The van der Waals surface area contributed by atoms with Crippen LogP contribution in [0.1, 0.15) is 12.0 Å². The molecule has 1 aliphatic heterocycles. The van der Waals surface area contributed by atoms with Gasteiger partial charge in [0.25, 0.3) is 5.69 Å². The number of aliphatic hydroxyl groups is 1. The van der Waals surface area contributed by atoms with Gasteiger partial charge in [-0.25, -0.2) is 0 Å². The monoisotopic (exact) mass is 222 g/mol. The van der Waals surface area contributed by atoms with Gasteiger partial charge in [-0.15, -0.1) is 0 Å². The third-order valence-electron chi connectivity index (χ3n) is 2.90. The topological polar surface area (TPSA) is 66.6 Å². The Hall–Kier alpha value is -1.62. The van der Waals surface area contributed by atoms with Crippen molar-refractivity contribution >= 4 is 11.4 Å². The molecule has 0 spiro atoms. The molecule has 1 aromatic carbocycles. The van der Waals surface area contributed by atoms with E-state index in [0.29, 0.717) is 30.8 Å². The predicted octanol–water partition coefficient (Wildman–Crippen LogP) is 1.47. The minimum absolute atomic E-state index is 0.150. The smallest absolute Gasteiger partial charge is 0.295 e. The van der Waals surface area contributed by atoms with Gasteiger partial charge in [-0.2, -0.15) is 0 Å². The lowest BCUT2D eigenvalue weighted by Gasteiger charge is -2.18. The van der Waals surface area contributed by atoms with E-state index in [4.69, 9.17) is 0 Å². The lowest BCUT2D eigenvalue weighted by atomic mass is 10.1. The van der Waals surface area contributed by atoms with E-state index < -0.39 is 0 Å². The Balaban J connectivity index is 2.40. The Morgan fingerprint density at radius 3 is 2.88 bits per heavy atom. The van der Waals surface area contributed by atoms with Gasteiger partial charge in [0.15, 0.2) is 0 Å². The SMILES string of the molecule is Cc1cccc(N2CC[C@H](O)C2)c1[N+](=O)[O-]. The van der Waals surface area contributed by atoms with Crippen LogP contribution in [0.25, 0.3) is 0 Å². The molecule has 1 aliphatic rings. The molecule has 1 aromatic rings. The lowest BCUT2D eigenvalue weighted by Crippen LogP contribution is -2.22. The molecule has 0 radical (unpaired) electrons. The van der Waals surface area contributed by atoms with Crippen molar-refractivity contribution in [1.82, 2.24) is 0 Å². The zero-order valence-electron chi connectivity index (χ0n) is 9.09. The van der Waals surface area contributed by atoms with Gasteiger partial charge in [-0.05, 0) is 19.4 Å². The molecule has 0 saturated carbocycles. The molecule has 1 heterocycles. The van der Waals surface area contributed by atoms with E-state index in [0.717, 1.165) is 0 Å². The number of nitro groups is 1. The summed E-state index contributed by atoms with van der Waals surface area (Å²) in [5.74, 6) is 0. The van der Waals surface area contributed by atoms with E-state index in [-0.39, 0.29) is 16.7 Å². The zero-order chi connectivity index (χ0) is 11.7. The summed E-state index contributed by atoms with van der Waals surface area (Å²) in [6.07, 6.45) is 0.297. The Bertz CT molecular complexity index is 420. The summed E-state index contributed by atoms with van der Waals surface area (Å²) in [5, 5.41) is 20.4. The van der Waals surface area contributed by atoms with Crippen molar-refractivity contribution in [3.8, 4) is 0 Å². The van der Waals surface area contributed by atoms with Gasteiger partial charge in [0.2, 0.25) is 0 Å². The number of nitrogens with zero attached hydrogens (tertiary/aromatic N) is 2. The molecule has 0 amide bonds. The van der Waals surface area contributed by atoms with Crippen LogP contribution >= 0.6 is 0 Å². The van der Waals surface area contributed by atoms with Crippen molar-refractivity contribution in [2.75, 3.05) is 18.0 Å². The highest BCUT2D eigenvalue weighted by molar-refractivity contribution is 5.67. The van der Waals surface area contributed by atoms with Crippen LogP contribution in [0, 0.1) is 17.0 Å². The number of benzene rings is 1. The second-order valence-corrected chi connectivity index (χ2v) is 4.09. The van der Waals surface area contributed by atoms with Crippen LogP contribution in [0.3, 0.4) is 0 Å². The minimum Gasteiger partial charge on any atom is -0.391 e. The van der Waals surface area contributed by atoms with Crippen LogP contribution in [-0.4, -0.2) is 29.2 Å². The highest BCUT2D eigenvalue weighted by Gasteiger charge is 2.27. The van der Waals surface area contributed by atoms with Crippen molar-refractivity contribution < 1.29 is 10.0 Å². The van der Waals surface area contributed by atoms with Gasteiger partial charge in [0.1, 0.15) is 5.69 Å². The molecule has 1 atom stereocenters. The lowest BCUT2D eigenvalue weighted by molar-refractivity contribution is -0.384. The second-order valence-electron chi connectivity index (χ2n) is 4.09. The quantitative estimate of drug-likeness (QED) is 0.608. The average Bonchev–Trinajstić information content (AvgIpc) is 2.63. The van der Waals surface area contributed by atoms with Crippen LogP contribution in [0.5, 0.6) is 0 Å². The number of aliphatic hydroxyl groups excluding tert-OH is 1. The van der Waals surface area contributed by atoms with E-state index in [2.05, 4.69) is 0 Å². The number of rotatable bonds is 2. The molecule has 0 unspecified atom stereocenters. The van der Waals surface area contributed by atoms with E-state index in [9.17, 15) is 15.2 Å². The van der Waals surface area contributed by atoms with Crippen molar-refractivity contribution in [2.24, 2.45) is 0 Å². The molecule has 5 nitrogen and oxygen atoms in total. The largest absolute Gasteiger partial charge is 0.391 e. The van der Waals surface area contributed by atoms with Crippen LogP contribution < -0.4 is 4.90 Å². The first-order valence-corrected chi connectivity index (χ1v) is 5.26. The maximum Gasteiger partial charge on any atom is 0.295 e.